The molecule has 0 spiro atoms. The molecule has 0 aliphatic rings. The van der Waals surface area contributed by atoms with Crippen molar-refractivity contribution in [2.75, 3.05) is 6.54 Å². The first-order chi connectivity index (χ1) is 5.77. The van der Waals surface area contributed by atoms with Gasteiger partial charge in [0.05, 0.1) is 12.6 Å². The molecule has 5 heteroatoms. The minimum absolute atomic E-state index is 0.184. The molecule has 0 aliphatic heterocycles. The Hall–Kier alpha value is -1.38. The standard InChI is InChI=1S/C7H10N4O/c8-3-6(12)5-11-2-1-10-7(11)4-9/h1-2,6,12H,3,5,8H2/t6-/m1/s1. The average Bonchev–Trinajstić information content (AvgIpc) is 2.51. The van der Waals surface area contributed by atoms with Gasteiger partial charge in [0.1, 0.15) is 6.07 Å². The Morgan fingerprint density at radius 2 is 2.58 bits per heavy atom. The number of imidazole rings is 1. The molecular weight excluding hydrogens is 156 g/mol. The second kappa shape index (κ2) is 3.85. The predicted octanol–water partition coefficient (Wildman–Crippen LogP) is -0.926. The lowest BCUT2D eigenvalue weighted by molar-refractivity contribution is 0.161. The molecule has 1 heterocycles. The van der Waals surface area contributed by atoms with Gasteiger partial charge >= 0.3 is 0 Å². The van der Waals surface area contributed by atoms with Crippen molar-refractivity contribution in [1.29, 1.82) is 5.26 Å². The highest BCUT2D eigenvalue weighted by Gasteiger charge is 2.05. The van der Waals surface area contributed by atoms with E-state index >= 15 is 0 Å². The number of rotatable bonds is 3. The van der Waals surface area contributed by atoms with Gasteiger partial charge in [-0.25, -0.2) is 4.98 Å². The topological polar surface area (TPSA) is 87.9 Å². The summed E-state index contributed by atoms with van der Waals surface area (Å²) in [5.74, 6) is 0.294. The van der Waals surface area contributed by atoms with Crippen LogP contribution in [0.1, 0.15) is 5.82 Å². The molecule has 0 fully saturated rings. The molecule has 0 radical (unpaired) electrons. The van der Waals surface area contributed by atoms with Crippen LogP contribution in [0, 0.1) is 11.3 Å². The average molecular weight is 166 g/mol. The summed E-state index contributed by atoms with van der Waals surface area (Å²) in [4.78, 5) is 3.77. The van der Waals surface area contributed by atoms with Gasteiger partial charge in [0, 0.05) is 18.9 Å². The van der Waals surface area contributed by atoms with Gasteiger partial charge in [0.15, 0.2) is 0 Å². The highest BCUT2D eigenvalue weighted by atomic mass is 16.3. The van der Waals surface area contributed by atoms with Crippen LogP contribution in [0.3, 0.4) is 0 Å². The number of nitrogens with two attached hydrogens (primary N) is 1. The van der Waals surface area contributed by atoms with Crippen LogP contribution in [-0.4, -0.2) is 27.3 Å². The molecule has 12 heavy (non-hydrogen) atoms. The Bertz CT molecular complexity index is 288. The zero-order valence-corrected chi connectivity index (χ0v) is 6.51. The van der Waals surface area contributed by atoms with Crippen LogP contribution in [0.15, 0.2) is 12.4 Å². The molecule has 1 aromatic rings. The first-order valence-electron chi connectivity index (χ1n) is 3.57. The molecule has 0 saturated heterocycles. The number of aliphatic hydroxyl groups is 1. The molecule has 3 N–H and O–H groups in total. The fourth-order valence-corrected chi connectivity index (χ4v) is 0.871. The fraction of sp³-hybridized carbons (Fsp3) is 0.429. The quantitative estimate of drug-likeness (QED) is 0.607. The van der Waals surface area contributed by atoms with Crippen molar-refractivity contribution in [1.82, 2.24) is 9.55 Å². The third-order valence-corrected chi connectivity index (χ3v) is 1.50. The molecule has 1 atom stereocenters. The maximum atomic E-state index is 9.17. The Morgan fingerprint density at radius 1 is 1.83 bits per heavy atom. The van der Waals surface area contributed by atoms with Crippen LogP contribution >= 0.6 is 0 Å². The minimum atomic E-state index is -0.619. The van der Waals surface area contributed by atoms with E-state index in [4.69, 9.17) is 16.1 Å². The van der Waals surface area contributed by atoms with E-state index in [2.05, 4.69) is 4.98 Å². The van der Waals surface area contributed by atoms with E-state index in [1.165, 1.54) is 6.20 Å². The smallest absolute Gasteiger partial charge is 0.212 e. The molecule has 5 nitrogen and oxygen atoms in total. The third-order valence-electron chi connectivity index (χ3n) is 1.50. The SMILES string of the molecule is N#Cc1nccn1C[C@H](O)CN. The maximum Gasteiger partial charge on any atom is 0.212 e. The van der Waals surface area contributed by atoms with Crippen molar-refractivity contribution in [2.24, 2.45) is 5.73 Å². The monoisotopic (exact) mass is 166 g/mol. The lowest BCUT2D eigenvalue weighted by Crippen LogP contribution is -2.25. The van der Waals surface area contributed by atoms with Gasteiger partial charge < -0.3 is 15.4 Å². The normalized spacial score (nSPS) is 12.4. The molecule has 1 aromatic heterocycles. The Labute approximate surface area is 70.1 Å². The highest BCUT2D eigenvalue weighted by molar-refractivity contribution is 5.11. The van der Waals surface area contributed by atoms with Crippen molar-refractivity contribution in [3.8, 4) is 6.07 Å². The first kappa shape index (κ1) is 8.71. The van der Waals surface area contributed by atoms with E-state index in [9.17, 15) is 0 Å². The van der Waals surface area contributed by atoms with Crippen molar-refractivity contribution < 1.29 is 5.11 Å². The number of nitrogens with zero attached hydrogens (tertiary/aromatic N) is 3. The van der Waals surface area contributed by atoms with Crippen molar-refractivity contribution in [3.63, 3.8) is 0 Å². The van der Waals surface area contributed by atoms with Gasteiger partial charge in [0.25, 0.3) is 0 Å². The molecule has 1 rings (SSSR count). The molecule has 0 saturated carbocycles. The van der Waals surface area contributed by atoms with Gasteiger partial charge in [-0.1, -0.05) is 0 Å². The second-order valence-electron chi connectivity index (χ2n) is 2.40. The zero-order valence-electron chi connectivity index (χ0n) is 6.51. The van der Waals surface area contributed by atoms with Crippen LogP contribution in [-0.2, 0) is 6.54 Å². The Balaban J connectivity index is 2.69. The summed E-state index contributed by atoms with van der Waals surface area (Å²) in [7, 11) is 0. The van der Waals surface area contributed by atoms with E-state index in [1.807, 2.05) is 6.07 Å². The molecule has 64 valence electrons. The Kier molecular flexibility index (Phi) is 2.80. The van der Waals surface area contributed by atoms with Gasteiger partial charge in [-0.3, -0.25) is 0 Å². The van der Waals surface area contributed by atoms with E-state index in [0.717, 1.165) is 0 Å². The number of aliphatic hydroxyl groups excluding tert-OH is 1. The van der Waals surface area contributed by atoms with Crippen LogP contribution in [0.4, 0.5) is 0 Å². The van der Waals surface area contributed by atoms with Gasteiger partial charge in [0.2, 0.25) is 5.82 Å². The van der Waals surface area contributed by atoms with E-state index < -0.39 is 6.10 Å². The summed E-state index contributed by atoms with van der Waals surface area (Å²) < 4.78 is 1.57. The number of aromatic nitrogens is 2. The fourth-order valence-electron chi connectivity index (χ4n) is 0.871. The molecule has 0 aromatic carbocycles. The number of hydrogen-bond donors (Lipinski definition) is 2. The van der Waals surface area contributed by atoms with E-state index in [0.29, 0.717) is 12.4 Å². The van der Waals surface area contributed by atoms with Crippen molar-refractivity contribution >= 4 is 0 Å². The molecular formula is C7H10N4O. The second-order valence-corrected chi connectivity index (χ2v) is 2.40. The highest BCUT2D eigenvalue weighted by Crippen LogP contribution is 1.97. The van der Waals surface area contributed by atoms with Crippen molar-refractivity contribution in [3.05, 3.63) is 18.2 Å². The summed E-state index contributed by atoms with van der Waals surface area (Å²) in [6, 6.07) is 1.90. The van der Waals surface area contributed by atoms with Crippen LogP contribution in [0.5, 0.6) is 0 Å². The molecule has 0 unspecified atom stereocenters. The third kappa shape index (κ3) is 1.81. The summed E-state index contributed by atoms with van der Waals surface area (Å²) >= 11 is 0. The Morgan fingerprint density at radius 3 is 3.17 bits per heavy atom. The van der Waals surface area contributed by atoms with Crippen molar-refractivity contribution in [2.45, 2.75) is 12.6 Å². The largest absolute Gasteiger partial charge is 0.390 e. The minimum Gasteiger partial charge on any atom is -0.390 e. The van der Waals surface area contributed by atoms with E-state index in [-0.39, 0.29) is 6.54 Å². The summed E-state index contributed by atoms with van der Waals surface area (Å²) in [5.41, 5.74) is 5.21. The maximum absolute atomic E-state index is 9.17. The van der Waals surface area contributed by atoms with Gasteiger partial charge in [-0.05, 0) is 0 Å². The van der Waals surface area contributed by atoms with E-state index in [1.54, 1.807) is 10.8 Å². The molecule has 0 amide bonds. The summed E-state index contributed by atoms with van der Waals surface area (Å²) in [6.07, 6.45) is 2.53. The van der Waals surface area contributed by atoms with Crippen LogP contribution < -0.4 is 5.73 Å². The zero-order chi connectivity index (χ0) is 8.97. The molecule has 0 aliphatic carbocycles. The number of hydrogen-bond acceptors (Lipinski definition) is 4. The lowest BCUT2D eigenvalue weighted by Gasteiger charge is -2.08. The first-order valence-corrected chi connectivity index (χ1v) is 3.57. The van der Waals surface area contributed by atoms with Crippen LogP contribution in [0.25, 0.3) is 0 Å². The summed E-state index contributed by atoms with van der Waals surface area (Å²) in [6.45, 7) is 0.502. The van der Waals surface area contributed by atoms with Crippen LogP contribution in [0.2, 0.25) is 0 Å². The predicted molar refractivity (Wildman–Crippen MR) is 42.0 cm³/mol. The molecule has 0 bridgehead atoms. The number of nitriles is 1. The van der Waals surface area contributed by atoms with Gasteiger partial charge in [-0.2, -0.15) is 5.26 Å². The lowest BCUT2D eigenvalue weighted by atomic mass is 10.3. The van der Waals surface area contributed by atoms with Gasteiger partial charge in [-0.15, -0.1) is 0 Å². The summed E-state index contributed by atoms with van der Waals surface area (Å²) in [5, 5.41) is 17.7.